The number of ether oxygens (including phenoxy) is 1. The van der Waals surface area contributed by atoms with Crippen LogP contribution in [-0.4, -0.2) is 52.4 Å². The van der Waals surface area contributed by atoms with Gasteiger partial charge in [-0.15, -0.1) is 0 Å². The summed E-state index contributed by atoms with van der Waals surface area (Å²) in [6.07, 6.45) is 2.21. The third kappa shape index (κ3) is 3.58. The summed E-state index contributed by atoms with van der Waals surface area (Å²) in [6.45, 7) is 2.87. The van der Waals surface area contributed by atoms with Gasteiger partial charge in [0.1, 0.15) is 5.75 Å². The lowest BCUT2D eigenvalue weighted by Gasteiger charge is -2.16. The van der Waals surface area contributed by atoms with Crippen molar-refractivity contribution in [3.63, 3.8) is 0 Å². The second-order valence-electron chi connectivity index (χ2n) is 7.22. The zero-order chi connectivity index (χ0) is 18.1. The molecule has 2 atom stereocenters. The van der Waals surface area contributed by atoms with Crippen LogP contribution >= 0.6 is 0 Å². The average Bonchev–Trinajstić information content (AvgIpc) is 3.21. The predicted octanol–water partition coefficient (Wildman–Crippen LogP) is 1.87. The molecule has 2 aromatic rings. The Morgan fingerprint density at radius 2 is 2.23 bits per heavy atom. The van der Waals surface area contributed by atoms with E-state index in [9.17, 15) is 9.90 Å². The molecule has 1 aromatic heterocycles. The van der Waals surface area contributed by atoms with Crippen LogP contribution in [0.1, 0.15) is 42.0 Å². The van der Waals surface area contributed by atoms with Gasteiger partial charge in [0.25, 0.3) is 5.91 Å². The first-order valence-electron chi connectivity index (χ1n) is 9.05. The summed E-state index contributed by atoms with van der Waals surface area (Å²) in [5.41, 5.74) is 1.08. The summed E-state index contributed by atoms with van der Waals surface area (Å²) in [5, 5.41) is 13.8. The number of aliphatic hydroxyl groups excluding tert-OH is 1. The molecule has 1 amide bonds. The number of aromatic nitrogens is 2. The Hall–Kier alpha value is -2.41. The summed E-state index contributed by atoms with van der Waals surface area (Å²) in [6, 6.07) is 7.61. The van der Waals surface area contributed by atoms with E-state index in [2.05, 4.69) is 10.1 Å². The fourth-order valence-electron chi connectivity index (χ4n) is 3.39. The zero-order valence-corrected chi connectivity index (χ0v) is 14.8. The quantitative estimate of drug-likeness (QED) is 0.849. The number of benzene rings is 1. The summed E-state index contributed by atoms with van der Waals surface area (Å²) in [4.78, 5) is 18.7. The molecule has 0 radical (unpaired) electrons. The smallest absolute Gasteiger partial charge is 0.260 e. The van der Waals surface area contributed by atoms with Gasteiger partial charge in [-0.25, -0.2) is 0 Å². The molecule has 1 N–H and O–H groups in total. The number of carbonyl (C=O) groups excluding carboxylic acids is 1. The predicted molar refractivity (Wildman–Crippen MR) is 92.8 cm³/mol. The molecule has 2 unspecified atom stereocenters. The maximum absolute atomic E-state index is 12.5. The van der Waals surface area contributed by atoms with Crippen molar-refractivity contribution in [3.8, 4) is 5.75 Å². The summed E-state index contributed by atoms with van der Waals surface area (Å²) in [7, 11) is 0. The van der Waals surface area contributed by atoms with Gasteiger partial charge in [-0.2, -0.15) is 4.98 Å². The highest BCUT2D eigenvalue weighted by molar-refractivity contribution is 5.78. The van der Waals surface area contributed by atoms with Crippen molar-refractivity contribution in [2.45, 2.75) is 31.6 Å². The van der Waals surface area contributed by atoms with Crippen LogP contribution in [0.4, 0.5) is 0 Å². The lowest BCUT2D eigenvalue weighted by Crippen LogP contribution is -2.33. The van der Waals surface area contributed by atoms with Gasteiger partial charge in [0.05, 0.1) is 5.92 Å². The third-order valence-electron chi connectivity index (χ3n) is 5.10. The van der Waals surface area contributed by atoms with E-state index < -0.39 is 0 Å². The van der Waals surface area contributed by atoms with Gasteiger partial charge in [-0.05, 0) is 37.5 Å². The molecule has 7 heteroatoms. The number of amides is 1. The van der Waals surface area contributed by atoms with Crippen molar-refractivity contribution >= 4 is 5.91 Å². The molecular formula is C19H23N3O4. The van der Waals surface area contributed by atoms with Crippen LogP contribution in [0.2, 0.25) is 0 Å². The molecule has 4 rings (SSSR count). The van der Waals surface area contributed by atoms with Crippen molar-refractivity contribution in [1.82, 2.24) is 15.0 Å². The number of carbonyl (C=O) groups is 1. The van der Waals surface area contributed by atoms with E-state index in [1.54, 1.807) is 4.90 Å². The molecule has 26 heavy (non-hydrogen) atoms. The number of likely N-dealkylation sites (tertiary alicyclic amines) is 1. The van der Waals surface area contributed by atoms with Crippen LogP contribution in [-0.2, 0) is 4.79 Å². The van der Waals surface area contributed by atoms with E-state index in [4.69, 9.17) is 9.26 Å². The molecule has 1 saturated carbocycles. The largest absolute Gasteiger partial charge is 0.484 e. The molecule has 2 heterocycles. The normalized spacial score (nSPS) is 22.6. The molecular weight excluding hydrogens is 334 g/mol. The van der Waals surface area contributed by atoms with Crippen molar-refractivity contribution in [1.29, 1.82) is 0 Å². The van der Waals surface area contributed by atoms with Gasteiger partial charge in [-0.3, -0.25) is 4.79 Å². The minimum atomic E-state index is -0.122. The van der Waals surface area contributed by atoms with E-state index in [1.807, 2.05) is 31.2 Å². The summed E-state index contributed by atoms with van der Waals surface area (Å²) in [5.74, 6) is 2.06. The van der Waals surface area contributed by atoms with E-state index in [-0.39, 0.29) is 31.0 Å². The lowest BCUT2D eigenvalue weighted by molar-refractivity contribution is -0.132. The number of aliphatic hydroxyl groups is 1. The average molecular weight is 357 g/mol. The van der Waals surface area contributed by atoms with Gasteiger partial charge in [0, 0.05) is 31.5 Å². The second-order valence-corrected chi connectivity index (χ2v) is 7.22. The Bertz CT molecular complexity index is 787. The van der Waals surface area contributed by atoms with E-state index in [0.29, 0.717) is 30.6 Å². The van der Waals surface area contributed by atoms with E-state index in [0.717, 1.165) is 24.2 Å². The van der Waals surface area contributed by atoms with Crippen molar-refractivity contribution < 1.29 is 19.2 Å². The first kappa shape index (κ1) is 17.0. The van der Waals surface area contributed by atoms with Crippen molar-refractivity contribution in [2.75, 3.05) is 26.3 Å². The van der Waals surface area contributed by atoms with Gasteiger partial charge >= 0.3 is 0 Å². The van der Waals surface area contributed by atoms with Gasteiger partial charge in [-0.1, -0.05) is 17.3 Å². The highest BCUT2D eigenvalue weighted by atomic mass is 16.5. The Balaban J connectivity index is 1.38. The molecule has 7 nitrogen and oxygen atoms in total. The molecule has 1 aliphatic carbocycles. The molecule has 1 saturated heterocycles. The first-order chi connectivity index (χ1) is 12.6. The zero-order valence-electron chi connectivity index (χ0n) is 14.8. The van der Waals surface area contributed by atoms with Crippen LogP contribution in [0.3, 0.4) is 0 Å². The maximum Gasteiger partial charge on any atom is 0.260 e. The highest BCUT2D eigenvalue weighted by Crippen LogP contribution is 2.39. The van der Waals surface area contributed by atoms with Crippen LogP contribution in [0.25, 0.3) is 0 Å². The summed E-state index contributed by atoms with van der Waals surface area (Å²) >= 11 is 0. The highest BCUT2D eigenvalue weighted by Gasteiger charge is 2.40. The minimum Gasteiger partial charge on any atom is -0.484 e. The Labute approximate surface area is 152 Å². The number of rotatable bonds is 6. The molecule has 1 aliphatic heterocycles. The lowest BCUT2D eigenvalue weighted by atomic mass is 9.97. The third-order valence-corrected chi connectivity index (χ3v) is 5.10. The summed E-state index contributed by atoms with van der Waals surface area (Å²) < 4.78 is 11.0. The Morgan fingerprint density at radius 3 is 2.96 bits per heavy atom. The van der Waals surface area contributed by atoms with E-state index in [1.165, 1.54) is 0 Å². The molecule has 138 valence electrons. The monoisotopic (exact) mass is 357 g/mol. The van der Waals surface area contributed by atoms with Crippen molar-refractivity contribution in [3.05, 3.63) is 41.5 Å². The van der Waals surface area contributed by atoms with Crippen LogP contribution in [0.5, 0.6) is 5.75 Å². The molecule has 0 spiro atoms. The minimum absolute atomic E-state index is 0.0195. The SMILES string of the molecule is Cc1cccc(OCC(=O)N2CC(CO)C(c3nc(C4CC4)no3)C2)c1. The first-order valence-corrected chi connectivity index (χ1v) is 9.05. The molecule has 0 bridgehead atoms. The van der Waals surface area contributed by atoms with Gasteiger partial charge in [0.2, 0.25) is 5.89 Å². The standard InChI is InChI=1S/C19H23N3O4/c1-12-3-2-4-15(7-12)25-11-17(24)22-8-14(10-23)16(9-22)19-20-18(21-26-19)13-5-6-13/h2-4,7,13-14,16,23H,5-6,8-11H2,1H3. The van der Waals surface area contributed by atoms with Crippen LogP contribution in [0, 0.1) is 12.8 Å². The number of hydrogen-bond acceptors (Lipinski definition) is 6. The molecule has 1 aromatic carbocycles. The topological polar surface area (TPSA) is 88.7 Å². The van der Waals surface area contributed by atoms with E-state index >= 15 is 0 Å². The Kier molecular flexibility index (Phi) is 4.63. The molecule has 2 aliphatic rings. The fraction of sp³-hybridized carbons (Fsp3) is 0.526. The van der Waals surface area contributed by atoms with Crippen LogP contribution < -0.4 is 4.74 Å². The van der Waals surface area contributed by atoms with Crippen LogP contribution in [0.15, 0.2) is 28.8 Å². The van der Waals surface area contributed by atoms with Crippen molar-refractivity contribution in [2.24, 2.45) is 5.92 Å². The fourth-order valence-corrected chi connectivity index (χ4v) is 3.39. The van der Waals surface area contributed by atoms with Gasteiger partial charge < -0.3 is 19.3 Å². The number of aryl methyl sites for hydroxylation is 1. The maximum atomic E-state index is 12.5. The number of nitrogens with zero attached hydrogens (tertiary/aromatic N) is 3. The second kappa shape index (κ2) is 7.07. The van der Waals surface area contributed by atoms with Gasteiger partial charge in [0.15, 0.2) is 12.4 Å². The number of hydrogen-bond donors (Lipinski definition) is 1. The Morgan fingerprint density at radius 1 is 1.38 bits per heavy atom. The molecule has 2 fully saturated rings.